The topological polar surface area (TPSA) is 108 Å². The van der Waals surface area contributed by atoms with Crippen LogP contribution < -0.4 is 10.7 Å². The molecule has 0 aliphatic carbocycles. The molecule has 0 aliphatic heterocycles. The SMILES string of the molecule is CC(C)COC(=O)N[C@H](Cc1c[nH]c2ccccc12)C(=O)NN=Cc1ccncc1. The number of aromatic nitrogens is 2. The van der Waals surface area contributed by atoms with Gasteiger partial charge in [0.05, 0.1) is 12.8 Å². The number of hydrogen-bond donors (Lipinski definition) is 3. The highest BCUT2D eigenvalue weighted by atomic mass is 16.5. The van der Waals surface area contributed by atoms with Crippen LogP contribution in [0, 0.1) is 5.92 Å². The number of hydrazone groups is 1. The molecule has 2 aromatic heterocycles. The van der Waals surface area contributed by atoms with Crippen LogP contribution in [0.5, 0.6) is 0 Å². The van der Waals surface area contributed by atoms with Gasteiger partial charge in [-0.05, 0) is 35.2 Å². The summed E-state index contributed by atoms with van der Waals surface area (Å²) in [7, 11) is 0. The van der Waals surface area contributed by atoms with Gasteiger partial charge >= 0.3 is 6.09 Å². The number of carbonyl (C=O) groups excluding carboxylic acids is 2. The van der Waals surface area contributed by atoms with Gasteiger partial charge in [0, 0.05) is 35.9 Å². The van der Waals surface area contributed by atoms with Crippen molar-refractivity contribution in [2.24, 2.45) is 11.0 Å². The number of nitrogens with zero attached hydrogens (tertiary/aromatic N) is 2. The highest BCUT2D eigenvalue weighted by Gasteiger charge is 2.23. The first-order chi connectivity index (χ1) is 14.5. The smallest absolute Gasteiger partial charge is 0.407 e. The Kier molecular flexibility index (Phi) is 7.15. The minimum Gasteiger partial charge on any atom is -0.449 e. The Morgan fingerprint density at radius 1 is 1.20 bits per heavy atom. The highest BCUT2D eigenvalue weighted by Crippen LogP contribution is 2.19. The van der Waals surface area contributed by atoms with Crippen LogP contribution in [0.3, 0.4) is 0 Å². The van der Waals surface area contributed by atoms with Gasteiger partial charge in [0.25, 0.3) is 5.91 Å². The first kappa shape index (κ1) is 21.0. The van der Waals surface area contributed by atoms with Crippen LogP contribution >= 0.6 is 0 Å². The van der Waals surface area contributed by atoms with Gasteiger partial charge in [-0.2, -0.15) is 5.10 Å². The highest BCUT2D eigenvalue weighted by molar-refractivity contribution is 5.89. The fourth-order valence-electron chi connectivity index (χ4n) is 2.85. The second-order valence-corrected chi connectivity index (χ2v) is 7.27. The zero-order chi connectivity index (χ0) is 21.3. The van der Waals surface area contributed by atoms with Crippen LogP contribution in [0.4, 0.5) is 4.79 Å². The monoisotopic (exact) mass is 407 g/mol. The number of ether oxygens (including phenoxy) is 1. The van der Waals surface area contributed by atoms with Crippen LogP contribution in [0.2, 0.25) is 0 Å². The van der Waals surface area contributed by atoms with Crippen molar-refractivity contribution in [1.29, 1.82) is 0 Å². The normalized spacial score (nSPS) is 12.2. The van der Waals surface area contributed by atoms with Gasteiger partial charge in [-0.1, -0.05) is 32.0 Å². The number of rotatable bonds is 8. The lowest BCUT2D eigenvalue weighted by Crippen LogP contribution is -2.47. The van der Waals surface area contributed by atoms with Crippen molar-refractivity contribution < 1.29 is 14.3 Å². The Balaban J connectivity index is 1.71. The van der Waals surface area contributed by atoms with Crippen LogP contribution in [0.1, 0.15) is 25.0 Å². The van der Waals surface area contributed by atoms with Crippen molar-refractivity contribution in [3.05, 3.63) is 66.1 Å². The number of alkyl carbamates (subject to hydrolysis) is 1. The molecule has 0 radical (unpaired) electrons. The quantitative estimate of drug-likeness (QED) is 0.394. The molecule has 2 amide bonds. The number of H-pyrrole nitrogens is 1. The number of carbonyl (C=O) groups is 2. The third-order valence-electron chi connectivity index (χ3n) is 4.35. The molecule has 0 saturated carbocycles. The number of pyridine rings is 1. The van der Waals surface area contributed by atoms with E-state index in [2.05, 4.69) is 25.8 Å². The third-order valence-corrected chi connectivity index (χ3v) is 4.35. The Morgan fingerprint density at radius 2 is 1.97 bits per heavy atom. The molecule has 8 nitrogen and oxygen atoms in total. The van der Waals surface area contributed by atoms with E-state index in [1.54, 1.807) is 24.5 Å². The fourth-order valence-corrected chi connectivity index (χ4v) is 2.85. The zero-order valence-electron chi connectivity index (χ0n) is 17.0. The van der Waals surface area contributed by atoms with Crippen molar-refractivity contribution in [3.8, 4) is 0 Å². The maximum Gasteiger partial charge on any atom is 0.407 e. The van der Waals surface area contributed by atoms with Crippen molar-refractivity contribution >= 4 is 29.1 Å². The number of hydrogen-bond acceptors (Lipinski definition) is 5. The molecule has 0 spiro atoms. The van der Waals surface area contributed by atoms with E-state index >= 15 is 0 Å². The van der Waals surface area contributed by atoms with E-state index in [1.165, 1.54) is 6.21 Å². The first-order valence-electron chi connectivity index (χ1n) is 9.74. The summed E-state index contributed by atoms with van der Waals surface area (Å²) in [6.45, 7) is 4.15. The Bertz CT molecular complexity index is 1010. The van der Waals surface area contributed by atoms with E-state index in [-0.39, 0.29) is 18.9 Å². The maximum absolute atomic E-state index is 12.8. The minimum atomic E-state index is -0.849. The summed E-state index contributed by atoms with van der Waals surface area (Å²) < 4.78 is 5.18. The Labute approximate surface area is 174 Å². The van der Waals surface area contributed by atoms with Crippen LogP contribution in [-0.4, -0.2) is 40.8 Å². The van der Waals surface area contributed by atoms with Crippen LogP contribution in [0.25, 0.3) is 10.9 Å². The van der Waals surface area contributed by atoms with E-state index in [9.17, 15) is 9.59 Å². The van der Waals surface area contributed by atoms with E-state index in [0.29, 0.717) is 0 Å². The lowest BCUT2D eigenvalue weighted by molar-refractivity contribution is -0.123. The molecule has 1 aromatic carbocycles. The van der Waals surface area contributed by atoms with Crippen molar-refractivity contribution in [2.45, 2.75) is 26.3 Å². The molecule has 0 fully saturated rings. The van der Waals surface area contributed by atoms with Crippen molar-refractivity contribution in [2.75, 3.05) is 6.61 Å². The summed E-state index contributed by atoms with van der Waals surface area (Å²) in [6, 6.07) is 10.5. The molecule has 3 aromatic rings. The van der Waals surface area contributed by atoms with Gasteiger partial charge in [0.2, 0.25) is 0 Å². The molecular formula is C22H25N5O3. The number of fused-ring (bicyclic) bond motifs is 1. The predicted molar refractivity (Wildman–Crippen MR) is 115 cm³/mol. The van der Waals surface area contributed by atoms with Gasteiger partial charge in [-0.25, -0.2) is 10.2 Å². The second kappa shape index (κ2) is 10.2. The van der Waals surface area contributed by atoms with Crippen molar-refractivity contribution in [3.63, 3.8) is 0 Å². The van der Waals surface area contributed by atoms with Gasteiger partial charge in [-0.3, -0.25) is 9.78 Å². The summed E-state index contributed by atoms with van der Waals surface area (Å²) in [5.41, 5.74) is 5.16. The fraction of sp³-hybridized carbons (Fsp3) is 0.273. The summed E-state index contributed by atoms with van der Waals surface area (Å²) in [4.78, 5) is 32.0. The molecule has 0 aliphatic rings. The largest absolute Gasteiger partial charge is 0.449 e. The van der Waals surface area contributed by atoms with Gasteiger partial charge in [-0.15, -0.1) is 0 Å². The average molecular weight is 407 g/mol. The molecule has 0 bridgehead atoms. The molecule has 156 valence electrons. The number of aromatic amines is 1. The molecule has 0 unspecified atom stereocenters. The Morgan fingerprint density at radius 3 is 2.73 bits per heavy atom. The third kappa shape index (κ3) is 5.91. The maximum atomic E-state index is 12.8. The molecule has 0 saturated heterocycles. The summed E-state index contributed by atoms with van der Waals surface area (Å²) in [5.74, 6) is -0.242. The zero-order valence-corrected chi connectivity index (χ0v) is 17.0. The number of benzene rings is 1. The molecule has 8 heteroatoms. The van der Waals surface area contributed by atoms with Gasteiger partial charge in [0.15, 0.2) is 0 Å². The lowest BCUT2D eigenvalue weighted by atomic mass is 10.0. The number of nitrogens with one attached hydrogen (secondary N) is 3. The van der Waals surface area contributed by atoms with E-state index in [4.69, 9.17) is 4.74 Å². The molecule has 30 heavy (non-hydrogen) atoms. The Hall–Kier alpha value is -3.68. The van der Waals surface area contributed by atoms with E-state index in [0.717, 1.165) is 22.0 Å². The van der Waals surface area contributed by atoms with E-state index in [1.807, 2.05) is 44.3 Å². The summed E-state index contributed by atoms with van der Waals surface area (Å²) >= 11 is 0. The standard InChI is InChI=1S/C22H25N5O3/c1-15(2)14-30-22(29)26-20(11-17-13-24-19-6-4-3-5-18(17)19)21(28)27-25-12-16-7-9-23-10-8-16/h3-10,12-13,15,20,24H,11,14H2,1-2H3,(H,26,29)(H,27,28)/t20-/m1/s1. The molecule has 2 heterocycles. The summed E-state index contributed by atoms with van der Waals surface area (Å²) in [5, 5.41) is 7.63. The van der Waals surface area contributed by atoms with Gasteiger partial charge < -0.3 is 15.0 Å². The lowest BCUT2D eigenvalue weighted by Gasteiger charge is -2.17. The second-order valence-electron chi connectivity index (χ2n) is 7.27. The number of para-hydroxylation sites is 1. The molecule has 3 rings (SSSR count). The number of amides is 2. The van der Waals surface area contributed by atoms with Gasteiger partial charge in [0.1, 0.15) is 6.04 Å². The summed E-state index contributed by atoms with van der Waals surface area (Å²) in [6.07, 6.45) is 6.27. The average Bonchev–Trinajstić information content (AvgIpc) is 3.15. The molecule has 3 N–H and O–H groups in total. The van der Waals surface area contributed by atoms with E-state index < -0.39 is 18.0 Å². The molecular weight excluding hydrogens is 382 g/mol. The predicted octanol–water partition coefficient (Wildman–Crippen LogP) is 3.01. The first-order valence-corrected chi connectivity index (χ1v) is 9.74. The molecule has 1 atom stereocenters. The minimum absolute atomic E-state index is 0.196. The van der Waals surface area contributed by atoms with Crippen molar-refractivity contribution in [1.82, 2.24) is 20.7 Å². The van der Waals surface area contributed by atoms with Crippen LogP contribution in [-0.2, 0) is 16.0 Å². The van der Waals surface area contributed by atoms with Crippen LogP contribution in [0.15, 0.2) is 60.1 Å².